The number of methoxy groups -OCH3 is 1. The van der Waals surface area contributed by atoms with E-state index in [2.05, 4.69) is 39.0 Å². The third-order valence-electron chi connectivity index (χ3n) is 4.45. The molecule has 2 aromatic carbocycles. The Morgan fingerprint density at radius 3 is 2.67 bits per heavy atom. The second-order valence-electron chi connectivity index (χ2n) is 7.29. The summed E-state index contributed by atoms with van der Waals surface area (Å²) in [6.45, 7) is 6.86. The minimum Gasteiger partial charge on any atom is -0.489 e. The van der Waals surface area contributed by atoms with Crippen LogP contribution < -0.4 is 4.74 Å². The van der Waals surface area contributed by atoms with Crippen LogP contribution in [0.5, 0.6) is 5.75 Å². The molecule has 0 saturated carbocycles. The summed E-state index contributed by atoms with van der Waals surface area (Å²) < 4.78 is 16.8. The second-order valence-corrected chi connectivity index (χ2v) is 7.29. The zero-order chi connectivity index (χ0) is 19.4. The molecule has 0 amide bonds. The van der Waals surface area contributed by atoms with Gasteiger partial charge in [0.1, 0.15) is 23.7 Å². The minimum absolute atomic E-state index is 0.199. The van der Waals surface area contributed by atoms with Crippen molar-refractivity contribution in [2.45, 2.75) is 40.2 Å². The van der Waals surface area contributed by atoms with Crippen LogP contribution >= 0.6 is 0 Å². The van der Waals surface area contributed by atoms with Crippen molar-refractivity contribution in [2.75, 3.05) is 7.11 Å². The highest BCUT2D eigenvalue weighted by Crippen LogP contribution is 2.27. The van der Waals surface area contributed by atoms with Gasteiger partial charge in [0.15, 0.2) is 0 Å². The number of ether oxygens (including phenoxy) is 2. The van der Waals surface area contributed by atoms with Gasteiger partial charge >= 0.3 is 5.97 Å². The van der Waals surface area contributed by atoms with Gasteiger partial charge in [-0.3, -0.25) is 4.79 Å². The van der Waals surface area contributed by atoms with E-state index in [1.807, 2.05) is 24.3 Å². The van der Waals surface area contributed by atoms with Crippen LogP contribution in [0.25, 0.3) is 11.0 Å². The molecule has 27 heavy (non-hydrogen) atoms. The predicted molar refractivity (Wildman–Crippen MR) is 106 cm³/mol. The zero-order valence-electron chi connectivity index (χ0n) is 16.4. The van der Waals surface area contributed by atoms with Crippen molar-refractivity contribution in [2.24, 2.45) is 5.92 Å². The first-order valence-electron chi connectivity index (χ1n) is 9.25. The summed E-state index contributed by atoms with van der Waals surface area (Å²) in [6, 6.07) is 13.9. The molecule has 0 aliphatic heterocycles. The highest BCUT2D eigenvalue weighted by molar-refractivity contribution is 5.82. The molecule has 3 aromatic rings. The van der Waals surface area contributed by atoms with E-state index in [4.69, 9.17) is 13.9 Å². The number of carbonyl (C=O) groups excluding carboxylic acids is 1. The van der Waals surface area contributed by atoms with Crippen LogP contribution in [0, 0.1) is 12.8 Å². The smallest absolute Gasteiger partial charge is 0.310 e. The van der Waals surface area contributed by atoms with E-state index in [0.29, 0.717) is 18.3 Å². The van der Waals surface area contributed by atoms with E-state index < -0.39 is 0 Å². The van der Waals surface area contributed by atoms with E-state index in [0.717, 1.165) is 39.8 Å². The highest BCUT2D eigenvalue weighted by Gasteiger charge is 2.12. The molecule has 3 rings (SSSR count). The Kier molecular flexibility index (Phi) is 5.84. The van der Waals surface area contributed by atoms with Gasteiger partial charge in [-0.25, -0.2) is 0 Å². The lowest BCUT2D eigenvalue weighted by molar-refractivity contribution is -0.139. The van der Waals surface area contributed by atoms with Gasteiger partial charge in [0.05, 0.1) is 13.5 Å². The van der Waals surface area contributed by atoms with Crippen molar-refractivity contribution >= 4 is 16.9 Å². The Morgan fingerprint density at radius 1 is 1.15 bits per heavy atom. The van der Waals surface area contributed by atoms with Crippen LogP contribution in [0.2, 0.25) is 0 Å². The highest BCUT2D eigenvalue weighted by atomic mass is 16.5. The van der Waals surface area contributed by atoms with Crippen LogP contribution in [0.4, 0.5) is 0 Å². The van der Waals surface area contributed by atoms with Gasteiger partial charge in [-0.15, -0.1) is 0 Å². The van der Waals surface area contributed by atoms with Crippen LogP contribution in [-0.2, 0) is 29.0 Å². The van der Waals surface area contributed by atoms with E-state index in [1.165, 1.54) is 7.11 Å². The predicted octanol–water partition coefficient (Wildman–Crippen LogP) is 5.23. The lowest BCUT2D eigenvalue weighted by Gasteiger charge is -2.11. The summed E-state index contributed by atoms with van der Waals surface area (Å²) in [4.78, 5) is 11.6. The Bertz CT molecular complexity index is 937. The summed E-state index contributed by atoms with van der Waals surface area (Å²) in [7, 11) is 1.39. The van der Waals surface area contributed by atoms with Gasteiger partial charge in [0.2, 0.25) is 0 Å². The molecule has 142 valence electrons. The summed E-state index contributed by atoms with van der Waals surface area (Å²) in [5.74, 6) is 2.00. The standard InChI is InChI=1S/C23H26O4/c1-15(2)9-20-12-19-11-17(10-16(3)23(19)27-20)14-26-21-8-6-5-7-18(21)13-22(24)25-4/h5-8,10-12,15H,9,13-14H2,1-4H3. The monoisotopic (exact) mass is 366 g/mol. The first kappa shape index (κ1) is 19.0. The molecule has 0 fully saturated rings. The van der Waals surface area contributed by atoms with Crippen LogP contribution in [0.1, 0.15) is 36.3 Å². The number of aryl methyl sites for hydroxylation is 1. The van der Waals surface area contributed by atoms with E-state index in [1.54, 1.807) is 0 Å². The fourth-order valence-electron chi connectivity index (χ4n) is 3.22. The van der Waals surface area contributed by atoms with Crippen LogP contribution in [0.15, 0.2) is 46.9 Å². The molecular formula is C23H26O4. The number of carbonyl (C=O) groups is 1. The molecule has 0 aliphatic carbocycles. The van der Waals surface area contributed by atoms with Gasteiger partial charge in [-0.2, -0.15) is 0 Å². The lowest BCUT2D eigenvalue weighted by atomic mass is 10.1. The summed E-state index contributed by atoms with van der Waals surface area (Å²) in [5.41, 5.74) is 3.94. The molecule has 0 spiro atoms. The van der Waals surface area contributed by atoms with Crippen LogP contribution in [0.3, 0.4) is 0 Å². The number of rotatable bonds is 7. The summed E-state index contributed by atoms with van der Waals surface area (Å²) >= 11 is 0. The topological polar surface area (TPSA) is 48.7 Å². The molecular weight excluding hydrogens is 340 g/mol. The average molecular weight is 366 g/mol. The molecule has 0 saturated heterocycles. The fourth-order valence-corrected chi connectivity index (χ4v) is 3.22. The maximum atomic E-state index is 11.6. The normalized spacial score (nSPS) is 11.1. The molecule has 0 bridgehead atoms. The largest absolute Gasteiger partial charge is 0.489 e. The first-order valence-corrected chi connectivity index (χ1v) is 9.25. The number of hydrogen-bond donors (Lipinski definition) is 0. The lowest BCUT2D eigenvalue weighted by Crippen LogP contribution is -2.06. The first-order chi connectivity index (χ1) is 13.0. The number of para-hydroxylation sites is 1. The number of furan rings is 1. The Morgan fingerprint density at radius 2 is 1.93 bits per heavy atom. The Labute approximate surface area is 160 Å². The fraction of sp³-hybridized carbons (Fsp3) is 0.348. The van der Waals surface area contributed by atoms with Gasteiger partial charge in [0.25, 0.3) is 0 Å². The average Bonchev–Trinajstić information content (AvgIpc) is 3.03. The van der Waals surface area contributed by atoms with E-state index in [-0.39, 0.29) is 12.4 Å². The third kappa shape index (κ3) is 4.70. The zero-order valence-corrected chi connectivity index (χ0v) is 16.4. The number of hydrogen-bond acceptors (Lipinski definition) is 4. The molecule has 4 nitrogen and oxygen atoms in total. The molecule has 4 heteroatoms. The van der Waals surface area contributed by atoms with Crippen LogP contribution in [-0.4, -0.2) is 13.1 Å². The molecule has 0 unspecified atom stereocenters. The number of fused-ring (bicyclic) bond motifs is 1. The molecule has 0 atom stereocenters. The molecule has 1 aromatic heterocycles. The maximum Gasteiger partial charge on any atom is 0.310 e. The van der Waals surface area contributed by atoms with E-state index in [9.17, 15) is 4.79 Å². The number of benzene rings is 2. The molecule has 0 radical (unpaired) electrons. The molecule has 0 N–H and O–H groups in total. The van der Waals surface area contributed by atoms with Crippen molar-refractivity contribution in [3.8, 4) is 5.75 Å². The number of esters is 1. The Hall–Kier alpha value is -2.75. The molecule has 0 aliphatic rings. The van der Waals surface area contributed by atoms with Gasteiger partial charge in [-0.1, -0.05) is 32.0 Å². The van der Waals surface area contributed by atoms with Crippen molar-refractivity contribution in [1.29, 1.82) is 0 Å². The minimum atomic E-state index is -0.278. The summed E-state index contributed by atoms with van der Waals surface area (Å²) in [6.07, 6.45) is 1.13. The summed E-state index contributed by atoms with van der Waals surface area (Å²) in [5, 5.41) is 1.10. The van der Waals surface area contributed by atoms with Gasteiger partial charge in [0, 0.05) is 17.4 Å². The second kappa shape index (κ2) is 8.30. The Balaban J connectivity index is 1.78. The van der Waals surface area contributed by atoms with Gasteiger partial charge < -0.3 is 13.9 Å². The SMILES string of the molecule is COC(=O)Cc1ccccc1OCc1cc(C)c2oc(CC(C)C)cc2c1. The van der Waals surface area contributed by atoms with E-state index >= 15 is 0 Å². The van der Waals surface area contributed by atoms with Crippen molar-refractivity contribution in [3.05, 3.63) is 64.9 Å². The quantitative estimate of drug-likeness (QED) is 0.537. The molecule has 1 heterocycles. The maximum absolute atomic E-state index is 11.6. The van der Waals surface area contributed by atoms with Crippen molar-refractivity contribution < 1.29 is 18.7 Å². The van der Waals surface area contributed by atoms with Crippen molar-refractivity contribution in [3.63, 3.8) is 0 Å². The third-order valence-corrected chi connectivity index (χ3v) is 4.45. The van der Waals surface area contributed by atoms with Crippen molar-refractivity contribution in [1.82, 2.24) is 0 Å². The van der Waals surface area contributed by atoms with Gasteiger partial charge in [-0.05, 0) is 48.2 Å².